The Balaban J connectivity index is 1.80. The lowest BCUT2D eigenvalue weighted by Crippen LogP contribution is -2.44. The highest BCUT2D eigenvalue weighted by molar-refractivity contribution is 5.82. The van der Waals surface area contributed by atoms with Gasteiger partial charge in [0, 0.05) is 38.9 Å². The highest BCUT2D eigenvalue weighted by atomic mass is 16.5. The molecule has 2 aliphatic rings. The van der Waals surface area contributed by atoms with E-state index in [9.17, 15) is 4.79 Å². The minimum atomic E-state index is -0.126. The molecule has 0 saturated carbocycles. The van der Waals surface area contributed by atoms with Gasteiger partial charge in [0.1, 0.15) is 0 Å². The lowest BCUT2D eigenvalue weighted by atomic mass is 10.1. The van der Waals surface area contributed by atoms with Gasteiger partial charge in [0.25, 0.3) is 0 Å². The first-order valence-corrected chi connectivity index (χ1v) is 8.93. The average molecular weight is 348 g/mol. The maximum absolute atomic E-state index is 13.0. The van der Waals surface area contributed by atoms with Gasteiger partial charge < -0.3 is 19.1 Å². The Morgan fingerprint density at radius 2 is 1.92 bits per heavy atom. The van der Waals surface area contributed by atoms with Gasteiger partial charge in [0.2, 0.25) is 5.91 Å². The number of benzene rings is 1. The van der Waals surface area contributed by atoms with Crippen LogP contribution in [0, 0.1) is 0 Å². The Labute approximate surface area is 149 Å². The van der Waals surface area contributed by atoms with E-state index in [1.54, 1.807) is 21.3 Å². The van der Waals surface area contributed by atoms with Crippen molar-refractivity contribution < 1.29 is 19.0 Å². The van der Waals surface area contributed by atoms with Crippen molar-refractivity contribution in [1.29, 1.82) is 0 Å². The van der Waals surface area contributed by atoms with Gasteiger partial charge in [0.05, 0.1) is 26.4 Å². The molecule has 6 heteroatoms. The summed E-state index contributed by atoms with van der Waals surface area (Å²) in [4.78, 5) is 17.2. The zero-order chi connectivity index (χ0) is 17.8. The first-order valence-electron chi connectivity index (χ1n) is 8.93. The van der Waals surface area contributed by atoms with Crippen molar-refractivity contribution >= 4 is 5.91 Å². The molecular formula is C19H28N2O4. The van der Waals surface area contributed by atoms with E-state index >= 15 is 0 Å². The van der Waals surface area contributed by atoms with Gasteiger partial charge in [-0.25, -0.2) is 0 Å². The molecule has 138 valence electrons. The standard InChI is InChI=1S/C19H28N2O4/c1-23-15-11-16(19(22)20-9-4-5-10-20)21(13-15)12-14-7-6-8-17(24-2)18(14)25-3/h6-8,15-16H,4-5,9-13H2,1-3H3/t15-,16-/m0/s1. The summed E-state index contributed by atoms with van der Waals surface area (Å²) in [6.07, 6.45) is 3.05. The average Bonchev–Trinajstić information content (AvgIpc) is 3.30. The number of hydrogen-bond acceptors (Lipinski definition) is 5. The molecular weight excluding hydrogens is 320 g/mol. The molecule has 0 N–H and O–H groups in total. The molecule has 3 rings (SSSR count). The van der Waals surface area contributed by atoms with Crippen LogP contribution in [0.5, 0.6) is 11.5 Å². The van der Waals surface area contributed by atoms with Crippen molar-refractivity contribution in [2.75, 3.05) is 41.0 Å². The molecule has 2 heterocycles. The molecule has 0 aromatic heterocycles. The summed E-state index contributed by atoms with van der Waals surface area (Å²) >= 11 is 0. The quantitative estimate of drug-likeness (QED) is 0.786. The summed E-state index contributed by atoms with van der Waals surface area (Å²) in [5.41, 5.74) is 1.03. The third-order valence-electron chi connectivity index (χ3n) is 5.26. The highest BCUT2D eigenvalue weighted by Crippen LogP contribution is 2.33. The molecule has 2 saturated heterocycles. The van der Waals surface area contributed by atoms with Gasteiger partial charge in [-0.1, -0.05) is 12.1 Å². The van der Waals surface area contributed by atoms with Crippen LogP contribution in [-0.2, 0) is 16.1 Å². The SMILES string of the molecule is COc1cccc(CN2C[C@@H](OC)C[C@H]2C(=O)N2CCCC2)c1OC. The van der Waals surface area contributed by atoms with E-state index in [1.807, 2.05) is 23.1 Å². The third kappa shape index (κ3) is 3.75. The molecule has 1 amide bonds. The predicted octanol–water partition coefficient (Wildman–Crippen LogP) is 1.92. The van der Waals surface area contributed by atoms with Gasteiger partial charge in [-0.2, -0.15) is 0 Å². The number of carbonyl (C=O) groups is 1. The van der Waals surface area contributed by atoms with Gasteiger partial charge in [-0.3, -0.25) is 9.69 Å². The molecule has 1 aromatic carbocycles. The van der Waals surface area contributed by atoms with E-state index in [1.165, 1.54) is 0 Å². The molecule has 0 spiro atoms. The second kappa shape index (κ2) is 8.06. The molecule has 2 atom stereocenters. The van der Waals surface area contributed by atoms with Crippen LogP contribution in [0.3, 0.4) is 0 Å². The Kier molecular flexibility index (Phi) is 5.81. The van der Waals surface area contributed by atoms with E-state index < -0.39 is 0 Å². The van der Waals surface area contributed by atoms with Crippen LogP contribution in [0.4, 0.5) is 0 Å². The Bertz CT molecular complexity index is 601. The number of likely N-dealkylation sites (tertiary alicyclic amines) is 2. The van der Waals surface area contributed by atoms with Crippen LogP contribution in [0.1, 0.15) is 24.8 Å². The number of para-hydroxylation sites is 1. The topological polar surface area (TPSA) is 51.2 Å². The number of hydrogen-bond donors (Lipinski definition) is 0. The number of amides is 1. The maximum atomic E-state index is 13.0. The first kappa shape index (κ1) is 18.0. The zero-order valence-corrected chi connectivity index (χ0v) is 15.4. The smallest absolute Gasteiger partial charge is 0.240 e. The molecule has 2 aliphatic heterocycles. The van der Waals surface area contributed by atoms with Gasteiger partial charge >= 0.3 is 0 Å². The van der Waals surface area contributed by atoms with Crippen LogP contribution < -0.4 is 9.47 Å². The molecule has 6 nitrogen and oxygen atoms in total. The fraction of sp³-hybridized carbons (Fsp3) is 0.632. The fourth-order valence-corrected chi connectivity index (χ4v) is 3.91. The van der Waals surface area contributed by atoms with E-state index in [4.69, 9.17) is 14.2 Å². The zero-order valence-electron chi connectivity index (χ0n) is 15.4. The van der Waals surface area contributed by atoms with Crippen molar-refractivity contribution in [3.63, 3.8) is 0 Å². The highest BCUT2D eigenvalue weighted by Gasteiger charge is 2.39. The molecule has 25 heavy (non-hydrogen) atoms. The van der Waals surface area contributed by atoms with Crippen LogP contribution in [-0.4, -0.2) is 68.8 Å². The lowest BCUT2D eigenvalue weighted by molar-refractivity contribution is -0.135. The van der Waals surface area contributed by atoms with E-state index in [-0.39, 0.29) is 18.1 Å². The third-order valence-corrected chi connectivity index (χ3v) is 5.26. The van der Waals surface area contributed by atoms with Gasteiger partial charge in [0.15, 0.2) is 11.5 Å². The normalized spacial score (nSPS) is 23.9. The molecule has 2 fully saturated rings. The number of methoxy groups -OCH3 is 3. The van der Waals surface area contributed by atoms with Gasteiger partial charge in [-0.15, -0.1) is 0 Å². The Hall–Kier alpha value is -1.79. The predicted molar refractivity (Wildman–Crippen MR) is 95.0 cm³/mol. The summed E-state index contributed by atoms with van der Waals surface area (Å²) in [7, 11) is 5.01. The second-order valence-corrected chi connectivity index (χ2v) is 6.72. The fourth-order valence-electron chi connectivity index (χ4n) is 3.91. The Morgan fingerprint density at radius 1 is 1.16 bits per heavy atom. The molecule has 1 aromatic rings. The Morgan fingerprint density at radius 3 is 2.56 bits per heavy atom. The molecule has 0 bridgehead atoms. The summed E-state index contributed by atoms with van der Waals surface area (Å²) in [5.74, 6) is 1.68. The number of nitrogens with zero attached hydrogens (tertiary/aromatic N) is 2. The van der Waals surface area contributed by atoms with E-state index in [0.717, 1.165) is 50.2 Å². The first-order chi connectivity index (χ1) is 12.2. The number of carbonyl (C=O) groups excluding carboxylic acids is 1. The molecule has 0 unspecified atom stereocenters. The van der Waals surface area contributed by atoms with Gasteiger partial charge in [-0.05, 0) is 25.3 Å². The van der Waals surface area contributed by atoms with E-state index in [2.05, 4.69) is 4.90 Å². The van der Waals surface area contributed by atoms with Crippen molar-refractivity contribution in [1.82, 2.24) is 9.80 Å². The summed E-state index contributed by atoms with van der Waals surface area (Å²) in [6.45, 7) is 3.15. The maximum Gasteiger partial charge on any atom is 0.240 e. The van der Waals surface area contributed by atoms with Crippen molar-refractivity contribution in [2.24, 2.45) is 0 Å². The number of rotatable bonds is 6. The van der Waals surface area contributed by atoms with Crippen LogP contribution >= 0.6 is 0 Å². The van der Waals surface area contributed by atoms with Crippen molar-refractivity contribution in [3.05, 3.63) is 23.8 Å². The van der Waals surface area contributed by atoms with Crippen LogP contribution in [0.15, 0.2) is 18.2 Å². The van der Waals surface area contributed by atoms with Crippen molar-refractivity contribution in [3.8, 4) is 11.5 Å². The molecule has 0 radical (unpaired) electrons. The minimum absolute atomic E-state index is 0.0909. The lowest BCUT2D eigenvalue weighted by Gasteiger charge is -2.28. The van der Waals surface area contributed by atoms with E-state index in [0.29, 0.717) is 12.3 Å². The minimum Gasteiger partial charge on any atom is -0.493 e. The summed E-state index contributed by atoms with van der Waals surface area (Å²) in [6, 6.07) is 5.74. The number of ether oxygens (including phenoxy) is 3. The monoisotopic (exact) mass is 348 g/mol. The molecule has 0 aliphatic carbocycles. The summed E-state index contributed by atoms with van der Waals surface area (Å²) in [5, 5.41) is 0. The van der Waals surface area contributed by atoms with Crippen LogP contribution in [0.25, 0.3) is 0 Å². The largest absolute Gasteiger partial charge is 0.493 e. The second-order valence-electron chi connectivity index (χ2n) is 6.72. The van der Waals surface area contributed by atoms with Crippen LogP contribution in [0.2, 0.25) is 0 Å². The van der Waals surface area contributed by atoms with Crippen molar-refractivity contribution in [2.45, 2.75) is 38.0 Å². The summed E-state index contributed by atoms with van der Waals surface area (Å²) < 4.78 is 16.5.